The van der Waals surface area contributed by atoms with Gasteiger partial charge in [0.1, 0.15) is 6.04 Å². The summed E-state index contributed by atoms with van der Waals surface area (Å²) in [6, 6.07) is 12.7. The van der Waals surface area contributed by atoms with Gasteiger partial charge >= 0.3 is 0 Å². The molecule has 7 nitrogen and oxygen atoms in total. The molecule has 1 N–H and O–H groups in total. The summed E-state index contributed by atoms with van der Waals surface area (Å²) in [5.74, 6) is -0.493. The maximum absolute atomic E-state index is 13.3. The minimum absolute atomic E-state index is 0.0672. The van der Waals surface area contributed by atoms with Gasteiger partial charge in [0.05, 0.1) is 4.90 Å². The first-order valence-electron chi connectivity index (χ1n) is 12.2. The minimum Gasteiger partial charge on any atom is -0.352 e. The predicted molar refractivity (Wildman–Crippen MR) is 142 cm³/mol. The Morgan fingerprint density at radius 2 is 1.64 bits per heavy atom. The van der Waals surface area contributed by atoms with Crippen molar-refractivity contribution in [3.8, 4) is 0 Å². The number of halogens is 2. The van der Waals surface area contributed by atoms with Crippen LogP contribution in [0.3, 0.4) is 0 Å². The Hall–Kier alpha value is -2.13. The van der Waals surface area contributed by atoms with Crippen LogP contribution in [-0.2, 0) is 26.2 Å². The lowest BCUT2D eigenvalue weighted by molar-refractivity contribution is -0.141. The summed E-state index contributed by atoms with van der Waals surface area (Å²) < 4.78 is 26.8. The van der Waals surface area contributed by atoms with E-state index in [1.807, 2.05) is 0 Å². The number of amides is 2. The zero-order valence-electron chi connectivity index (χ0n) is 20.6. The average molecular weight is 555 g/mol. The van der Waals surface area contributed by atoms with Gasteiger partial charge in [0.15, 0.2) is 0 Å². The van der Waals surface area contributed by atoms with Gasteiger partial charge < -0.3 is 10.2 Å². The minimum atomic E-state index is -3.65. The van der Waals surface area contributed by atoms with E-state index in [9.17, 15) is 18.0 Å². The van der Waals surface area contributed by atoms with Gasteiger partial charge in [0.2, 0.25) is 21.8 Å². The lowest BCUT2D eigenvalue weighted by atomic mass is 10.1. The molecule has 1 fully saturated rings. The monoisotopic (exact) mass is 553 g/mol. The highest BCUT2D eigenvalue weighted by Crippen LogP contribution is 2.27. The second-order valence-corrected chi connectivity index (χ2v) is 12.0. The lowest BCUT2D eigenvalue weighted by Gasteiger charge is -2.30. The molecule has 0 heterocycles. The molecular formula is C26H33Cl2N3O4S. The molecule has 0 aliphatic heterocycles. The summed E-state index contributed by atoms with van der Waals surface area (Å²) in [6.07, 6.45) is 4.39. The zero-order chi connectivity index (χ0) is 26.3. The fourth-order valence-electron chi connectivity index (χ4n) is 4.32. The molecule has 1 aliphatic carbocycles. The Balaban J connectivity index is 1.69. The van der Waals surface area contributed by atoms with E-state index < -0.39 is 16.1 Å². The highest BCUT2D eigenvalue weighted by molar-refractivity contribution is 7.89. The molecular weight excluding hydrogens is 521 g/mol. The third-order valence-corrected chi connectivity index (χ3v) is 9.15. The van der Waals surface area contributed by atoms with E-state index in [2.05, 4.69) is 5.32 Å². The molecule has 0 bridgehead atoms. The smallest absolute Gasteiger partial charge is 0.242 e. The molecule has 2 aromatic rings. The van der Waals surface area contributed by atoms with E-state index in [-0.39, 0.29) is 42.3 Å². The van der Waals surface area contributed by atoms with E-state index >= 15 is 0 Å². The van der Waals surface area contributed by atoms with Gasteiger partial charge in [-0.15, -0.1) is 0 Å². The van der Waals surface area contributed by atoms with E-state index in [0.29, 0.717) is 22.0 Å². The van der Waals surface area contributed by atoms with E-state index in [4.69, 9.17) is 23.2 Å². The summed E-state index contributed by atoms with van der Waals surface area (Å²) >= 11 is 12.7. The molecule has 1 atom stereocenters. The number of hydrogen-bond donors (Lipinski definition) is 1. The predicted octanol–water partition coefficient (Wildman–Crippen LogP) is 4.87. The van der Waals surface area contributed by atoms with E-state index in [1.165, 1.54) is 28.4 Å². The molecule has 2 aromatic carbocycles. The Morgan fingerprint density at radius 3 is 2.25 bits per heavy atom. The summed E-state index contributed by atoms with van der Waals surface area (Å²) in [5.41, 5.74) is 0.568. The molecule has 3 rings (SSSR count). The standard InChI is InChI=1S/C26H33Cl2N3O4S/c1-19(26(33)29-20-10-6-7-11-20)31(18-22-23(27)14-8-15-24(22)28)25(32)16-9-17-30(2)36(34,35)21-12-4-3-5-13-21/h3-5,8,12-15,19-20H,6-7,9-11,16-18H2,1-2H3,(H,29,33)/t19-/m0/s1. The van der Waals surface area contributed by atoms with Crippen LogP contribution in [0, 0.1) is 0 Å². The van der Waals surface area contributed by atoms with Crippen LogP contribution in [0.1, 0.15) is 51.0 Å². The van der Waals surface area contributed by atoms with Crippen molar-refractivity contribution in [3.63, 3.8) is 0 Å². The SMILES string of the molecule is C[C@@H](C(=O)NC1CCCC1)N(Cc1c(Cl)cccc1Cl)C(=O)CCCN(C)S(=O)(=O)c1ccccc1. The summed E-state index contributed by atoms with van der Waals surface area (Å²) in [7, 11) is -2.16. The summed E-state index contributed by atoms with van der Waals surface area (Å²) in [5, 5.41) is 3.88. The second-order valence-electron chi connectivity index (χ2n) is 9.13. The topological polar surface area (TPSA) is 86.8 Å². The van der Waals surface area contributed by atoms with Crippen LogP contribution in [-0.4, -0.2) is 55.1 Å². The van der Waals surface area contributed by atoms with Crippen LogP contribution in [0.25, 0.3) is 0 Å². The van der Waals surface area contributed by atoms with Gasteiger partial charge in [-0.2, -0.15) is 0 Å². The fourth-order valence-corrected chi connectivity index (χ4v) is 6.06. The first-order chi connectivity index (χ1) is 17.1. The van der Waals surface area contributed by atoms with Gasteiger partial charge in [-0.3, -0.25) is 9.59 Å². The highest BCUT2D eigenvalue weighted by Gasteiger charge is 2.29. The van der Waals surface area contributed by atoms with Crippen LogP contribution in [0.5, 0.6) is 0 Å². The van der Waals surface area contributed by atoms with Crippen molar-refractivity contribution in [1.29, 1.82) is 0 Å². The molecule has 1 saturated carbocycles. The average Bonchev–Trinajstić information content (AvgIpc) is 3.37. The van der Waals surface area contributed by atoms with Gasteiger partial charge in [0.25, 0.3) is 0 Å². The normalized spacial score (nSPS) is 15.1. The van der Waals surface area contributed by atoms with E-state index in [1.54, 1.807) is 43.3 Å². The third-order valence-electron chi connectivity index (χ3n) is 6.57. The van der Waals surface area contributed by atoms with Crippen LogP contribution < -0.4 is 5.32 Å². The van der Waals surface area contributed by atoms with Crippen LogP contribution in [0.4, 0.5) is 0 Å². The Labute approximate surface area is 223 Å². The van der Waals surface area contributed by atoms with Crippen LogP contribution >= 0.6 is 23.2 Å². The van der Waals surface area contributed by atoms with Gasteiger partial charge in [0, 0.05) is 48.2 Å². The maximum Gasteiger partial charge on any atom is 0.242 e. The summed E-state index contributed by atoms with van der Waals surface area (Å²) in [6.45, 7) is 1.93. The molecule has 0 spiro atoms. The first-order valence-corrected chi connectivity index (χ1v) is 14.3. The summed E-state index contributed by atoms with van der Waals surface area (Å²) in [4.78, 5) is 28.0. The molecule has 0 aromatic heterocycles. The number of benzene rings is 2. The number of nitrogens with zero attached hydrogens (tertiary/aromatic N) is 2. The third kappa shape index (κ3) is 7.22. The number of carbonyl (C=O) groups excluding carboxylic acids is 2. The van der Waals surface area contributed by atoms with E-state index in [0.717, 1.165) is 25.7 Å². The number of nitrogens with one attached hydrogen (secondary N) is 1. The van der Waals surface area contributed by atoms with Gasteiger partial charge in [-0.1, -0.05) is 60.3 Å². The molecule has 2 amide bonds. The van der Waals surface area contributed by atoms with Crippen molar-refractivity contribution in [3.05, 3.63) is 64.1 Å². The van der Waals surface area contributed by atoms with Crippen molar-refractivity contribution in [2.45, 2.75) is 69.0 Å². The quantitative estimate of drug-likeness (QED) is 0.430. The Kier molecular flexibility index (Phi) is 10.2. The van der Waals surface area contributed by atoms with Gasteiger partial charge in [-0.25, -0.2) is 12.7 Å². The fraction of sp³-hybridized carbons (Fsp3) is 0.462. The number of carbonyl (C=O) groups is 2. The molecule has 1 aliphatic rings. The Bertz CT molecular complexity index is 1130. The first kappa shape index (κ1) is 28.4. The Morgan fingerprint density at radius 1 is 1.03 bits per heavy atom. The van der Waals surface area contributed by atoms with Crippen molar-refractivity contribution >= 4 is 45.0 Å². The highest BCUT2D eigenvalue weighted by atomic mass is 35.5. The lowest BCUT2D eigenvalue weighted by Crippen LogP contribution is -2.49. The maximum atomic E-state index is 13.3. The van der Waals surface area contributed by atoms with Crippen LogP contribution in [0.15, 0.2) is 53.4 Å². The zero-order valence-corrected chi connectivity index (χ0v) is 23.0. The molecule has 196 valence electrons. The van der Waals surface area contributed by atoms with Crippen molar-refractivity contribution in [1.82, 2.24) is 14.5 Å². The molecule has 0 radical (unpaired) electrons. The molecule has 0 saturated heterocycles. The van der Waals surface area contributed by atoms with Gasteiger partial charge in [-0.05, 0) is 50.5 Å². The molecule has 0 unspecified atom stereocenters. The largest absolute Gasteiger partial charge is 0.352 e. The van der Waals surface area contributed by atoms with Crippen molar-refractivity contribution in [2.75, 3.05) is 13.6 Å². The van der Waals surface area contributed by atoms with Crippen LogP contribution in [0.2, 0.25) is 10.0 Å². The molecule has 10 heteroatoms. The second kappa shape index (κ2) is 12.9. The van der Waals surface area contributed by atoms with Crippen molar-refractivity contribution in [2.24, 2.45) is 0 Å². The number of sulfonamides is 1. The van der Waals surface area contributed by atoms with Crippen molar-refractivity contribution < 1.29 is 18.0 Å². The molecule has 36 heavy (non-hydrogen) atoms. The number of hydrogen-bond acceptors (Lipinski definition) is 4. The number of rotatable bonds is 11.